The fourth-order valence-electron chi connectivity index (χ4n) is 11.1. The lowest BCUT2D eigenvalue weighted by atomic mass is 9.86. The first-order valence-electron chi connectivity index (χ1n) is 23.6. The Labute approximate surface area is 389 Å². The first kappa shape index (κ1) is 45.4. The summed E-state index contributed by atoms with van der Waals surface area (Å²) in [5, 5.41) is 65.6. The molecule has 2 bridgehead atoms. The smallest absolute Gasteiger partial charge is 0.254 e. The van der Waals surface area contributed by atoms with E-state index in [1.165, 1.54) is 24.9 Å². The minimum Gasteiger partial charge on any atom is -0.506 e. The number of phenolic OH excluding ortho intramolecular Hbond substituents is 1. The van der Waals surface area contributed by atoms with Crippen LogP contribution in [0.4, 0.5) is 0 Å². The lowest BCUT2D eigenvalue weighted by Gasteiger charge is -2.47. The molecule has 4 aliphatic heterocycles. The predicted octanol–water partition coefficient (Wildman–Crippen LogP) is 4.67. The number of nitrogens with one attached hydrogen (secondary N) is 2. The van der Waals surface area contributed by atoms with E-state index < -0.39 is 54.4 Å². The lowest BCUT2D eigenvalue weighted by Crippen LogP contribution is -2.69. The van der Waals surface area contributed by atoms with E-state index in [1.54, 1.807) is 30.5 Å². The van der Waals surface area contributed by atoms with Crippen molar-refractivity contribution in [3.8, 4) is 17.2 Å². The van der Waals surface area contributed by atoms with Gasteiger partial charge in [-0.2, -0.15) is 4.99 Å². The molecule has 0 aromatic heterocycles. The normalized spacial score (nSPS) is 27.3. The van der Waals surface area contributed by atoms with Crippen LogP contribution in [0.1, 0.15) is 100 Å². The highest BCUT2D eigenvalue weighted by Crippen LogP contribution is 2.50. The molecule has 3 aliphatic carbocycles. The van der Waals surface area contributed by atoms with E-state index in [1.807, 2.05) is 31.3 Å². The SMILES string of the molecule is CNCc1cccc2c1CN(CC(=O)c1c(C3CCCC3)cc3cc(OC)c4c(c3c1O)OC1OC(COC(C3=C5[CH+]C(CNC6CCCC6)=CC=C5N=C3)C=C4)C(O)C(O)C1(O)CO)C2=O. The zero-order chi connectivity index (χ0) is 46.6. The van der Waals surface area contributed by atoms with Crippen molar-refractivity contribution in [3.05, 3.63) is 111 Å². The maximum atomic E-state index is 14.9. The monoisotopic (exact) mass is 915 g/mol. The number of aliphatic hydroxyl groups excluding tert-OH is 3. The number of benzene rings is 3. The maximum absolute atomic E-state index is 14.9. The molecule has 3 aromatic rings. The number of aliphatic imine (C=N–C) groups is 1. The summed E-state index contributed by atoms with van der Waals surface area (Å²) in [6.07, 6.45) is 12.0. The van der Waals surface area contributed by atoms with Gasteiger partial charge in [-0.15, -0.1) is 0 Å². The molecule has 10 rings (SSSR count). The Morgan fingerprint density at radius 1 is 1.07 bits per heavy atom. The summed E-state index contributed by atoms with van der Waals surface area (Å²) >= 11 is 0. The summed E-state index contributed by atoms with van der Waals surface area (Å²) in [5.41, 5.74) is 4.16. The molecule has 3 fully saturated rings. The third kappa shape index (κ3) is 8.18. The van der Waals surface area contributed by atoms with Crippen LogP contribution < -0.4 is 20.1 Å². The van der Waals surface area contributed by atoms with Crippen molar-refractivity contribution in [2.45, 2.75) is 113 Å². The maximum Gasteiger partial charge on any atom is 0.254 e. The van der Waals surface area contributed by atoms with Crippen LogP contribution in [0.15, 0.2) is 76.0 Å². The third-order valence-electron chi connectivity index (χ3n) is 14.8. The number of ketones is 1. The number of methoxy groups -OCH3 is 1. The van der Waals surface area contributed by atoms with E-state index in [4.69, 9.17) is 23.9 Å². The number of hydrogen-bond acceptors (Lipinski definition) is 14. The Kier molecular flexibility index (Phi) is 12.6. The molecule has 15 nitrogen and oxygen atoms in total. The van der Waals surface area contributed by atoms with Crippen molar-refractivity contribution in [2.75, 3.05) is 40.5 Å². The number of carbonyl (C=O) groups excluding carboxylic acids is 2. The van der Waals surface area contributed by atoms with Gasteiger partial charge < -0.3 is 60.0 Å². The van der Waals surface area contributed by atoms with Gasteiger partial charge in [0.25, 0.3) is 5.91 Å². The fraction of sp³-hybridized carbons (Fsp3) is 0.462. The number of hydrogen-bond donors (Lipinski definition) is 7. The quantitative estimate of drug-likeness (QED) is 0.0975. The molecule has 1 saturated heterocycles. The van der Waals surface area contributed by atoms with Crippen molar-refractivity contribution >= 4 is 34.8 Å². The first-order valence-corrected chi connectivity index (χ1v) is 23.6. The summed E-state index contributed by atoms with van der Waals surface area (Å²) in [7, 11) is 3.32. The lowest BCUT2D eigenvalue weighted by molar-refractivity contribution is -0.329. The predicted molar refractivity (Wildman–Crippen MR) is 250 cm³/mol. The van der Waals surface area contributed by atoms with Gasteiger partial charge in [0.2, 0.25) is 6.29 Å². The number of amides is 1. The number of fused-ring (bicyclic) bond motifs is 7. The summed E-state index contributed by atoms with van der Waals surface area (Å²) in [6.45, 7) is -0.181. The largest absolute Gasteiger partial charge is 0.506 e. The minimum atomic E-state index is -2.57. The van der Waals surface area contributed by atoms with Crippen LogP contribution in [-0.4, -0.2) is 131 Å². The van der Waals surface area contributed by atoms with Crippen LogP contribution in [0.25, 0.3) is 16.8 Å². The van der Waals surface area contributed by atoms with E-state index in [-0.39, 0.29) is 53.8 Å². The zero-order valence-corrected chi connectivity index (χ0v) is 37.9. The fourth-order valence-corrected chi connectivity index (χ4v) is 11.1. The number of aliphatic hydroxyl groups is 4. The van der Waals surface area contributed by atoms with Crippen molar-refractivity contribution < 1.29 is 54.1 Å². The summed E-state index contributed by atoms with van der Waals surface area (Å²) in [4.78, 5) is 34.9. The number of nitrogens with zero attached hydrogens (tertiary/aromatic N) is 2. The molecular formula is C52H59N4O11+. The third-order valence-corrected chi connectivity index (χ3v) is 14.8. The van der Waals surface area contributed by atoms with E-state index in [9.17, 15) is 35.1 Å². The average molecular weight is 916 g/mol. The second-order valence-corrected chi connectivity index (χ2v) is 18.9. The Hall–Kier alpha value is -5.36. The van der Waals surface area contributed by atoms with Crippen molar-refractivity contribution in [1.82, 2.24) is 15.5 Å². The molecule has 3 aromatic carbocycles. The van der Waals surface area contributed by atoms with E-state index in [0.29, 0.717) is 41.4 Å². The van der Waals surface area contributed by atoms with Gasteiger partial charge in [0.05, 0.1) is 55.2 Å². The molecule has 15 heteroatoms. The summed E-state index contributed by atoms with van der Waals surface area (Å²) in [5.74, 6) is -0.972. The molecule has 352 valence electrons. The molecule has 6 atom stereocenters. The molecule has 0 spiro atoms. The van der Waals surface area contributed by atoms with E-state index >= 15 is 0 Å². The zero-order valence-electron chi connectivity index (χ0n) is 37.9. The Bertz CT molecular complexity index is 2620. The van der Waals surface area contributed by atoms with Crippen LogP contribution >= 0.6 is 0 Å². The number of aromatic hydroxyl groups is 1. The Balaban J connectivity index is 1.09. The Morgan fingerprint density at radius 2 is 1.87 bits per heavy atom. The van der Waals surface area contributed by atoms with E-state index in [2.05, 4.69) is 23.1 Å². The first-order chi connectivity index (χ1) is 32.5. The topological polar surface area (TPSA) is 212 Å². The van der Waals surface area contributed by atoms with Gasteiger partial charge in [0.15, 0.2) is 17.1 Å². The van der Waals surface area contributed by atoms with Gasteiger partial charge in [-0.1, -0.05) is 37.8 Å². The van der Waals surface area contributed by atoms with Gasteiger partial charge in [-0.25, -0.2) is 0 Å². The standard InChI is InChI=1S/C52H58N4O11/c1-53-22-30-10-7-13-33-38(30)24-56(50(33)62)25-40(58)45-35(29-8-3-4-9-29)19-31-20-42(64-2)34-15-17-41(37-23-55-39-16-14-28(18-36(37)39)21-54-32-11-5-6-12-32)65-26-43-46(59)49(61)52(63,27-57)51(66-43)67-48(34)44(31)47(45)60/h7,10,13-20,23,29,32,41,43,46,49,51,53-54,57,59,61,63H,3-6,8-9,11-12,21-22,24-27H2,1-2H3/p+1. The molecule has 7 N–H and O–H groups in total. The number of phenols is 1. The number of allylic oxidation sites excluding steroid dienone is 3. The molecule has 67 heavy (non-hydrogen) atoms. The molecule has 6 unspecified atom stereocenters. The average Bonchev–Trinajstić information content (AvgIpc) is 4.18. The number of Topliss-reactive ketones (excluding diaryl/α,β-unsaturated/α-hetero) is 1. The molecule has 2 saturated carbocycles. The van der Waals surface area contributed by atoms with Crippen LogP contribution in [0.5, 0.6) is 17.2 Å². The highest BCUT2D eigenvalue weighted by atomic mass is 16.7. The Morgan fingerprint density at radius 3 is 2.63 bits per heavy atom. The second kappa shape index (κ2) is 18.6. The van der Waals surface area contributed by atoms with Crippen LogP contribution in [0.3, 0.4) is 0 Å². The van der Waals surface area contributed by atoms with Gasteiger partial charge in [-0.3, -0.25) is 9.59 Å². The minimum absolute atomic E-state index is 0.0527. The molecular weight excluding hydrogens is 857 g/mol. The van der Waals surface area contributed by atoms with Gasteiger partial charge >= 0.3 is 0 Å². The number of ether oxygens (including phenoxy) is 4. The molecule has 7 aliphatic rings. The second-order valence-electron chi connectivity index (χ2n) is 18.9. The molecule has 1 amide bonds. The van der Waals surface area contributed by atoms with Crippen LogP contribution in [-0.2, 0) is 22.6 Å². The summed E-state index contributed by atoms with van der Waals surface area (Å²) in [6, 6.07) is 9.64. The van der Waals surface area contributed by atoms with Crippen molar-refractivity contribution in [3.63, 3.8) is 0 Å². The van der Waals surface area contributed by atoms with E-state index in [0.717, 1.165) is 72.1 Å². The van der Waals surface area contributed by atoms with Crippen molar-refractivity contribution in [2.24, 2.45) is 4.99 Å². The molecule has 4 heterocycles. The highest BCUT2D eigenvalue weighted by Gasteiger charge is 2.57. The van der Waals surface area contributed by atoms with Crippen LogP contribution in [0.2, 0.25) is 0 Å². The number of carbonyl (C=O) groups is 2. The highest BCUT2D eigenvalue weighted by molar-refractivity contribution is 6.11. The van der Waals surface area contributed by atoms with Crippen molar-refractivity contribution in [1.29, 1.82) is 0 Å². The van der Waals surface area contributed by atoms with Gasteiger partial charge in [0, 0.05) is 55.4 Å². The summed E-state index contributed by atoms with van der Waals surface area (Å²) < 4.78 is 25.5. The van der Waals surface area contributed by atoms with Gasteiger partial charge in [0.1, 0.15) is 47.2 Å². The molecule has 0 radical (unpaired) electrons. The van der Waals surface area contributed by atoms with Crippen LogP contribution in [0, 0.1) is 6.42 Å². The van der Waals surface area contributed by atoms with Gasteiger partial charge in [-0.05, 0) is 91.1 Å². The number of rotatable bonds is 12.